The second-order valence-corrected chi connectivity index (χ2v) is 21.7. The van der Waals surface area contributed by atoms with E-state index in [-0.39, 0.29) is 78.6 Å². The zero-order chi connectivity index (χ0) is 56.8. The molecule has 0 amide bonds. The summed E-state index contributed by atoms with van der Waals surface area (Å²) in [5, 5.41) is 119. The molecule has 10 unspecified atom stereocenters. The van der Waals surface area contributed by atoms with E-state index in [4.69, 9.17) is 73.0 Å². The van der Waals surface area contributed by atoms with Crippen LogP contribution >= 0.6 is 64.5 Å². The summed E-state index contributed by atoms with van der Waals surface area (Å²) in [6.07, 6.45) is -25.1. The minimum atomic E-state index is -1.44. The second-order valence-electron chi connectivity index (χ2n) is 20.6. The van der Waals surface area contributed by atoms with Gasteiger partial charge in [0.2, 0.25) is 0 Å². The Morgan fingerprint density at radius 1 is 0.385 bits per heavy atom. The fourth-order valence-electron chi connectivity index (χ4n) is 11.1. The fourth-order valence-corrected chi connectivity index (χ4v) is 12.4. The molecule has 78 heavy (non-hydrogen) atoms. The molecule has 0 saturated carbocycles. The van der Waals surface area contributed by atoms with Gasteiger partial charge < -0.3 is 129 Å². The number of hydrogen-bond acceptors (Lipinski definition) is 32. The van der Waals surface area contributed by atoms with Gasteiger partial charge >= 0.3 is 0 Å². The van der Waals surface area contributed by atoms with Crippen LogP contribution in [0.5, 0.6) is 0 Å². The summed E-state index contributed by atoms with van der Waals surface area (Å²) in [4.78, 5) is 0. The number of ether oxygens (including phenoxy) is 11. The van der Waals surface area contributed by atoms with E-state index in [1.165, 1.54) is 7.11 Å². The molecule has 6 heterocycles. The molecule has 0 aromatic rings. The molecule has 6 aliphatic rings. The lowest BCUT2D eigenvalue weighted by atomic mass is 9.86. The summed E-state index contributed by atoms with van der Waals surface area (Å²) in [7, 11) is 1.42. The Balaban J connectivity index is 1.00. The highest BCUT2D eigenvalue weighted by molar-refractivity contribution is 7.75. The van der Waals surface area contributed by atoms with Crippen LogP contribution in [-0.2, 0) is 73.0 Å². The quantitative estimate of drug-likeness (QED) is 0.0249. The predicted octanol–water partition coefficient (Wildman–Crippen LogP) is -4.25. The van der Waals surface area contributed by atoms with E-state index in [0.717, 1.165) is 0 Å². The van der Waals surface area contributed by atoms with Crippen LogP contribution in [0, 0.1) is 17.8 Å². The zero-order valence-electron chi connectivity index (χ0n) is 43.2. The Bertz CT molecular complexity index is 1690. The van der Waals surface area contributed by atoms with Gasteiger partial charge in [0.25, 0.3) is 0 Å². The number of thiol groups is 5. The summed E-state index contributed by atoms with van der Waals surface area (Å²) >= 11 is 19.5. The van der Waals surface area contributed by atoms with Gasteiger partial charge in [-0.05, 0) is 83.8 Å². The van der Waals surface area contributed by atoms with E-state index in [1.807, 2.05) is 0 Å². The van der Waals surface area contributed by atoms with Crippen LogP contribution in [-0.4, -0.2) is 295 Å². The topological polar surface area (TPSA) is 370 Å². The van der Waals surface area contributed by atoms with Gasteiger partial charge in [-0.2, -0.15) is 0 Å². The maximum Gasteiger partial charge on any atom is 0.129 e. The Morgan fingerprint density at radius 3 is 1.32 bits per heavy atom. The highest BCUT2D eigenvalue weighted by Gasteiger charge is 2.51. The molecule has 0 aromatic carbocycles. The minimum Gasteiger partial charge on any atom is -0.394 e. The van der Waals surface area contributed by atoms with Crippen molar-refractivity contribution < 1.29 is 129 Å². The van der Waals surface area contributed by atoms with Crippen LogP contribution in [0.25, 0.3) is 0 Å². The Labute approximate surface area is 481 Å². The fraction of sp³-hybridized carbons (Fsp3) is 1.00. The Kier molecular flexibility index (Phi) is 29.2. The summed E-state index contributed by atoms with van der Waals surface area (Å²) in [5.74, 6) is -2.11. The number of aliphatic hydroxyl groups is 11. The number of aliphatic hydroxyl groups excluding tert-OH is 11. The molecule has 6 fully saturated rings. The van der Waals surface area contributed by atoms with Crippen molar-refractivity contribution in [3.05, 3.63) is 0 Å². The molecule has 32 heteroatoms. The van der Waals surface area contributed by atoms with Crippen molar-refractivity contribution in [3.63, 3.8) is 0 Å². The van der Waals surface area contributed by atoms with E-state index in [9.17, 15) is 56.2 Å². The molecule has 6 saturated heterocycles. The molecule has 0 aliphatic carbocycles. The second kappa shape index (κ2) is 33.5. The van der Waals surface area contributed by atoms with Gasteiger partial charge in [0, 0.05) is 24.9 Å². The summed E-state index contributed by atoms with van der Waals surface area (Å²) in [6, 6.07) is 0. The van der Waals surface area contributed by atoms with Crippen LogP contribution in [0.1, 0.15) is 32.6 Å². The normalized spacial score (nSPS) is 45.6. The monoisotopic (exact) mass is 1230 g/mol. The van der Waals surface area contributed by atoms with Crippen LogP contribution < -0.4 is 0 Å². The average molecular weight is 1230 g/mol. The van der Waals surface area contributed by atoms with E-state index in [0.29, 0.717) is 25.7 Å². The van der Waals surface area contributed by atoms with E-state index in [1.54, 1.807) is 6.92 Å². The van der Waals surface area contributed by atoms with Gasteiger partial charge in [0.05, 0.1) is 110 Å². The smallest absolute Gasteiger partial charge is 0.129 e. The largest absolute Gasteiger partial charge is 0.394 e. The third-order valence-electron chi connectivity index (χ3n) is 15.7. The number of hydrogen-bond donors (Lipinski definition) is 16. The molecular formula is C46H82O27S5. The Morgan fingerprint density at radius 2 is 0.782 bits per heavy atom. The Hall–Kier alpha value is 0.670. The third-order valence-corrected chi connectivity index (χ3v) is 16.9. The first kappa shape index (κ1) is 67.8. The molecule has 0 aromatic heterocycles. The van der Waals surface area contributed by atoms with Gasteiger partial charge in [-0.3, -0.25) is 0 Å². The van der Waals surface area contributed by atoms with Crippen molar-refractivity contribution >= 4 is 64.5 Å². The number of methoxy groups -OCH3 is 1. The lowest BCUT2D eigenvalue weighted by Gasteiger charge is -2.45. The molecule has 11 N–H and O–H groups in total. The van der Waals surface area contributed by atoms with Gasteiger partial charge in [-0.25, -0.2) is 0 Å². The molecule has 0 spiro atoms. The van der Waals surface area contributed by atoms with Gasteiger partial charge in [-0.15, -0.1) is 0 Å². The number of rotatable bonds is 29. The van der Waals surface area contributed by atoms with E-state index in [2.05, 4.69) is 64.5 Å². The maximum atomic E-state index is 11.6. The van der Waals surface area contributed by atoms with Gasteiger partial charge in [0.1, 0.15) is 122 Å². The van der Waals surface area contributed by atoms with Crippen LogP contribution in [0.15, 0.2) is 0 Å². The molecule has 6 rings (SSSR count). The minimum absolute atomic E-state index is 0.0177. The molecule has 458 valence electrons. The molecule has 6 aliphatic heterocycles. The standard InChI is InChI=1S/C46H82O27S5/c1-3-23-35(51)45(72-77)39(55)30(65-23)16-62-18-32-41(57)46(73-78)40(56)31(68-32)17-61-13-26-20(43(70-75)38(54)28(67-26)12-58-2)9-59-15-29-34(50)21(33(49)25(7-47)66-29)10-60-14-27-37(53)42(69-74)19(8-63-27)5-4-6-24-36(52)44(71-76)22(48)11-64-24/h19-57,74-78H,3-18H2,1-2H3/t19-,20-,21-,22-,23?,24-,25?,26?,27-,28-,29-,30-,31-,32?,33+,34?,35-,36?,37?,38?,39?,40?,41-,42-,43-,44-,45-,46+/m0/s1. The summed E-state index contributed by atoms with van der Waals surface area (Å²) in [6.45, 7) is -0.557. The van der Waals surface area contributed by atoms with Crippen molar-refractivity contribution in [1.82, 2.24) is 0 Å². The lowest BCUT2D eigenvalue weighted by molar-refractivity contribution is -0.253. The van der Waals surface area contributed by atoms with Crippen LogP contribution in [0.3, 0.4) is 0 Å². The van der Waals surface area contributed by atoms with E-state index < -0.39 is 171 Å². The average Bonchev–Trinajstić information content (AvgIpc) is 3.45. The van der Waals surface area contributed by atoms with Crippen molar-refractivity contribution in [2.24, 2.45) is 17.8 Å². The maximum absolute atomic E-state index is 11.6. The third kappa shape index (κ3) is 16.8. The van der Waals surface area contributed by atoms with Crippen LogP contribution in [0.2, 0.25) is 0 Å². The molecule has 0 bridgehead atoms. The first-order valence-electron chi connectivity index (χ1n) is 26.1. The molecule has 0 radical (unpaired) electrons. The lowest BCUT2D eigenvalue weighted by Crippen LogP contribution is -2.61. The molecule has 28 atom stereocenters. The predicted molar refractivity (Wildman–Crippen MR) is 280 cm³/mol. The first-order valence-corrected chi connectivity index (χ1v) is 27.9. The zero-order valence-corrected chi connectivity index (χ0v) is 47.6. The van der Waals surface area contributed by atoms with Crippen molar-refractivity contribution in [2.45, 2.75) is 185 Å². The molecule has 27 nitrogen and oxygen atoms in total. The highest BCUT2D eigenvalue weighted by Crippen LogP contribution is 2.35. The van der Waals surface area contributed by atoms with Gasteiger partial charge in [-0.1, -0.05) is 13.3 Å². The van der Waals surface area contributed by atoms with Crippen molar-refractivity contribution in [1.29, 1.82) is 0 Å². The summed E-state index contributed by atoms with van der Waals surface area (Å²) < 4.78 is 90.8. The van der Waals surface area contributed by atoms with Crippen molar-refractivity contribution in [3.8, 4) is 0 Å². The van der Waals surface area contributed by atoms with E-state index >= 15 is 0 Å². The van der Waals surface area contributed by atoms with Gasteiger partial charge in [0.15, 0.2) is 0 Å². The highest BCUT2D eigenvalue weighted by atomic mass is 32.1. The summed E-state index contributed by atoms with van der Waals surface area (Å²) in [5.41, 5.74) is 0. The van der Waals surface area contributed by atoms with Crippen LogP contribution in [0.4, 0.5) is 0 Å². The SMILES string of the molecule is CCC1O[C@@H](COCC2O[C@@H](COCC3O[C@@H](COC)C(O)[C@@H](OS)[C@H]3COC[C@@H]3OC(CO)[C@H](O)[C@H](COC[C@@H]4OC[C@H](CCC[C@@H]5OC[C@H](O)[C@H](OS)C5O)[C@H](OS)C4O)C3O)C(O)[C@@H](OS)[C@H]2O)C(O)[C@@H](OS)[C@H]1O. The molecular weight excluding hydrogens is 1140 g/mol. The first-order chi connectivity index (χ1) is 37.5. The van der Waals surface area contributed by atoms with Crippen molar-refractivity contribution in [2.75, 3.05) is 86.4 Å².